The minimum Gasteiger partial charge on any atom is -0.448 e. The van der Waals surface area contributed by atoms with Crippen LogP contribution >= 0.6 is 0 Å². The van der Waals surface area contributed by atoms with E-state index in [0.717, 1.165) is 5.56 Å². The summed E-state index contributed by atoms with van der Waals surface area (Å²) in [6, 6.07) is 6.59. The molecule has 0 aliphatic carbocycles. The van der Waals surface area contributed by atoms with Gasteiger partial charge in [0.2, 0.25) is 10.0 Å². The topological polar surface area (TPSA) is 117 Å². The highest BCUT2D eigenvalue weighted by molar-refractivity contribution is 7.89. The van der Waals surface area contributed by atoms with Crippen LogP contribution in [0.2, 0.25) is 0 Å². The van der Waals surface area contributed by atoms with Gasteiger partial charge in [0.1, 0.15) is 6.61 Å². The Morgan fingerprint density at radius 3 is 2.43 bits per heavy atom. The van der Waals surface area contributed by atoms with Crippen molar-refractivity contribution >= 4 is 27.8 Å². The van der Waals surface area contributed by atoms with E-state index in [1.807, 2.05) is 26.0 Å². The number of hydrogen-bond donors (Lipinski definition) is 2. The monoisotopic (exact) mass is 440 g/mol. The standard InChI is InChI=1S/C19H28N4O6S/c1-14-11-23(12-15(2)29-14)30(26,27)10-7-20-18(24)21-17-5-3-16(4-6-17)13-22-8-9-28-19(22)25/h3-6,14-15H,7-13H2,1-2H3,(H2,20,21,24)/t14-,15+. The van der Waals surface area contributed by atoms with Gasteiger partial charge in [0.05, 0.1) is 24.5 Å². The molecule has 11 heteroatoms. The Morgan fingerprint density at radius 2 is 1.83 bits per heavy atom. The maximum absolute atomic E-state index is 12.5. The molecule has 0 spiro atoms. The number of hydrogen-bond acceptors (Lipinski definition) is 6. The molecule has 3 rings (SSSR count). The Labute approximate surface area is 176 Å². The number of morpholine rings is 1. The molecule has 0 bridgehead atoms. The summed E-state index contributed by atoms with van der Waals surface area (Å²) in [5.74, 6) is -0.176. The Bertz CT molecular complexity index is 850. The molecule has 2 heterocycles. The van der Waals surface area contributed by atoms with Gasteiger partial charge in [-0.2, -0.15) is 4.31 Å². The molecule has 2 aliphatic rings. The largest absolute Gasteiger partial charge is 0.448 e. The van der Waals surface area contributed by atoms with Crippen molar-refractivity contribution in [2.45, 2.75) is 32.6 Å². The number of amides is 3. The molecule has 30 heavy (non-hydrogen) atoms. The van der Waals surface area contributed by atoms with Crippen molar-refractivity contribution in [1.82, 2.24) is 14.5 Å². The van der Waals surface area contributed by atoms with Crippen LogP contribution in [0.3, 0.4) is 0 Å². The Kier molecular flexibility index (Phi) is 7.16. The fourth-order valence-electron chi connectivity index (χ4n) is 3.44. The van der Waals surface area contributed by atoms with Crippen molar-refractivity contribution in [3.05, 3.63) is 29.8 Å². The number of nitrogens with zero attached hydrogens (tertiary/aromatic N) is 2. The normalized spacial score (nSPS) is 22.6. The fourth-order valence-corrected chi connectivity index (χ4v) is 4.93. The minimum atomic E-state index is -3.47. The lowest BCUT2D eigenvalue weighted by atomic mass is 10.2. The zero-order chi connectivity index (χ0) is 21.7. The van der Waals surface area contributed by atoms with E-state index in [0.29, 0.717) is 38.5 Å². The van der Waals surface area contributed by atoms with Gasteiger partial charge in [-0.3, -0.25) is 0 Å². The Morgan fingerprint density at radius 1 is 1.17 bits per heavy atom. The van der Waals surface area contributed by atoms with Gasteiger partial charge in [0.25, 0.3) is 0 Å². The van der Waals surface area contributed by atoms with E-state index in [9.17, 15) is 18.0 Å². The quantitative estimate of drug-likeness (QED) is 0.658. The second-order valence-corrected chi connectivity index (χ2v) is 9.59. The molecule has 0 saturated carbocycles. The molecule has 2 atom stereocenters. The van der Waals surface area contributed by atoms with E-state index in [1.165, 1.54) is 4.31 Å². The molecule has 2 fully saturated rings. The lowest BCUT2D eigenvalue weighted by Crippen LogP contribution is -2.49. The average Bonchev–Trinajstić information content (AvgIpc) is 3.07. The molecule has 1 aromatic carbocycles. The minimum absolute atomic E-state index is 0.00341. The summed E-state index contributed by atoms with van der Waals surface area (Å²) in [6.45, 7) is 5.73. The number of rotatable bonds is 7. The number of carbonyl (C=O) groups excluding carboxylic acids is 2. The molecular formula is C19H28N4O6S. The second-order valence-electron chi connectivity index (χ2n) is 7.50. The first-order valence-electron chi connectivity index (χ1n) is 9.92. The van der Waals surface area contributed by atoms with Gasteiger partial charge in [0.15, 0.2) is 0 Å². The SMILES string of the molecule is C[C@@H]1CN(S(=O)(=O)CCNC(=O)Nc2ccc(CN3CCOC3=O)cc2)C[C@H](C)O1. The highest BCUT2D eigenvalue weighted by Crippen LogP contribution is 2.15. The zero-order valence-corrected chi connectivity index (χ0v) is 18.0. The van der Waals surface area contributed by atoms with Crippen molar-refractivity contribution in [3.63, 3.8) is 0 Å². The third-order valence-corrected chi connectivity index (χ3v) is 6.66. The van der Waals surface area contributed by atoms with E-state index in [1.54, 1.807) is 17.0 Å². The van der Waals surface area contributed by atoms with Gasteiger partial charge >= 0.3 is 12.1 Å². The Hall–Kier alpha value is -2.37. The highest BCUT2D eigenvalue weighted by Gasteiger charge is 2.30. The van der Waals surface area contributed by atoms with Crippen molar-refractivity contribution in [2.24, 2.45) is 0 Å². The van der Waals surface area contributed by atoms with Crippen molar-refractivity contribution in [2.75, 3.05) is 43.9 Å². The van der Waals surface area contributed by atoms with Gasteiger partial charge < -0.3 is 25.0 Å². The van der Waals surface area contributed by atoms with Gasteiger partial charge in [-0.25, -0.2) is 18.0 Å². The van der Waals surface area contributed by atoms with Crippen molar-refractivity contribution in [1.29, 1.82) is 0 Å². The summed E-state index contributed by atoms with van der Waals surface area (Å²) < 4.78 is 36.8. The summed E-state index contributed by atoms with van der Waals surface area (Å²) in [7, 11) is -3.47. The number of carbonyl (C=O) groups is 2. The van der Waals surface area contributed by atoms with Gasteiger partial charge in [-0.1, -0.05) is 12.1 Å². The first-order chi connectivity index (χ1) is 14.2. The van der Waals surface area contributed by atoms with Gasteiger partial charge in [-0.05, 0) is 31.5 Å². The van der Waals surface area contributed by atoms with E-state index in [4.69, 9.17) is 9.47 Å². The van der Waals surface area contributed by atoms with Crippen LogP contribution < -0.4 is 10.6 Å². The molecule has 3 amide bonds. The van der Waals surface area contributed by atoms with Crippen LogP contribution in [-0.2, 0) is 26.0 Å². The zero-order valence-electron chi connectivity index (χ0n) is 17.2. The smallest absolute Gasteiger partial charge is 0.410 e. The van der Waals surface area contributed by atoms with Crippen LogP contribution in [0.4, 0.5) is 15.3 Å². The van der Waals surface area contributed by atoms with Crippen molar-refractivity contribution < 1.29 is 27.5 Å². The van der Waals surface area contributed by atoms with Crippen LogP contribution in [0.1, 0.15) is 19.4 Å². The molecule has 0 aromatic heterocycles. The summed E-state index contributed by atoms with van der Waals surface area (Å²) >= 11 is 0. The molecule has 0 unspecified atom stereocenters. The van der Waals surface area contributed by atoms with Gasteiger partial charge in [-0.15, -0.1) is 0 Å². The third-order valence-electron chi connectivity index (χ3n) is 4.86. The van der Waals surface area contributed by atoms with E-state index >= 15 is 0 Å². The van der Waals surface area contributed by atoms with Crippen LogP contribution in [0, 0.1) is 0 Å². The predicted octanol–water partition coefficient (Wildman–Crippen LogP) is 1.20. The molecule has 1 aromatic rings. The number of nitrogens with one attached hydrogen (secondary N) is 2. The number of anilines is 1. The summed E-state index contributed by atoms with van der Waals surface area (Å²) in [4.78, 5) is 25.1. The van der Waals surface area contributed by atoms with Crippen LogP contribution in [0.15, 0.2) is 24.3 Å². The molecular weight excluding hydrogens is 412 g/mol. The van der Waals surface area contributed by atoms with E-state index in [-0.39, 0.29) is 30.6 Å². The molecule has 0 radical (unpaired) electrons. The van der Waals surface area contributed by atoms with Crippen LogP contribution in [0.5, 0.6) is 0 Å². The van der Waals surface area contributed by atoms with Crippen molar-refractivity contribution in [3.8, 4) is 0 Å². The second kappa shape index (κ2) is 9.63. The third kappa shape index (κ3) is 6.07. The van der Waals surface area contributed by atoms with Crippen LogP contribution in [0.25, 0.3) is 0 Å². The molecule has 166 valence electrons. The fraction of sp³-hybridized carbons (Fsp3) is 0.579. The summed E-state index contributed by atoms with van der Waals surface area (Å²) in [5, 5.41) is 5.24. The number of ether oxygens (including phenoxy) is 2. The predicted molar refractivity (Wildman–Crippen MR) is 111 cm³/mol. The van der Waals surface area contributed by atoms with Gasteiger partial charge in [0, 0.05) is 31.9 Å². The lowest BCUT2D eigenvalue weighted by molar-refractivity contribution is -0.0440. The molecule has 2 saturated heterocycles. The molecule has 10 nitrogen and oxygen atoms in total. The molecule has 2 aliphatic heterocycles. The van der Waals surface area contributed by atoms with Crippen LogP contribution in [-0.4, -0.2) is 80.5 Å². The highest BCUT2D eigenvalue weighted by atomic mass is 32.2. The van der Waals surface area contributed by atoms with E-state index < -0.39 is 16.1 Å². The Balaban J connectivity index is 1.42. The summed E-state index contributed by atoms with van der Waals surface area (Å²) in [5.41, 5.74) is 1.49. The lowest BCUT2D eigenvalue weighted by Gasteiger charge is -2.34. The number of sulfonamides is 1. The first kappa shape index (κ1) is 22.3. The average molecular weight is 441 g/mol. The molecule has 2 N–H and O–H groups in total. The summed E-state index contributed by atoms with van der Waals surface area (Å²) in [6.07, 6.45) is -0.634. The maximum atomic E-state index is 12.5. The van der Waals surface area contributed by atoms with E-state index in [2.05, 4.69) is 10.6 Å². The first-order valence-corrected chi connectivity index (χ1v) is 11.5. The number of cyclic esters (lactones) is 1. The maximum Gasteiger partial charge on any atom is 0.410 e. The number of urea groups is 1. The number of benzene rings is 1.